The molecule has 1 aliphatic rings. The molecular weight excluding hydrogens is 364 g/mol. The Hall–Kier alpha value is -3.73. The molecule has 0 radical (unpaired) electrons. The van der Waals surface area contributed by atoms with Gasteiger partial charge in [-0.05, 0) is 25.0 Å². The van der Waals surface area contributed by atoms with E-state index < -0.39 is 0 Å². The maximum absolute atomic E-state index is 9.73. The molecule has 4 rings (SSSR count). The lowest BCUT2D eigenvalue weighted by molar-refractivity contribution is 0.474. The van der Waals surface area contributed by atoms with Crippen molar-refractivity contribution >= 4 is 17.6 Å². The third kappa shape index (κ3) is 3.43. The van der Waals surface area contributed by atoms with Crippen molar-refractivity contribution in [3.63, 3.8) is 0 Å². The van der Waals surface area contributed by atoms with Crippen LogP contribution in [0.3, 0.4) is 0 Å². The van der Waals surface area contributed by atoms with Crippen LogP contribution >= 0.6 is 0 Å². The van der Waals surface area contributed by atoms with Gasteiger partial charge in [0.05, 0.1) is 16.9 Å². The summed E-state index contributed by atoms with van der Waals surface area (Å²) in [5.41, 5.74) is 10.3. The molecule has 8 nitrogen and oxygen atoms in total. The first-order valence-corrected chi connectivity index (χ1v) is 9.50. The van der Waals surface area contributed by atoms with E-state index in [1.165, 1.54) is 0 Å². The van der Waals surface area contributed by atoms with Crippen molar-refractivity contribution in [2.75, 3.05) is 23.7 Å². The van der Waals surface area contributed by atoms with Crippen LogP contribution in [0.15, 0.2) is 36.8 Å². The summed E-state index contributed by atoms with van der Waals surface area (Å²) in [6.07, 6.45) is 6.48. The molecule has 0 unspecified atom stereocenters. The van der Waals surface area contributed by atoms with Gasteiger partial charge in [0.1, 0.15) is 23.9 Å². The zero-order valence-electron chi connectivity index (χ0n) is 16.2. The molecular formula is C21H22N8. The summed E-state index contributed by atoms with van der Waals surface area (Å²) in [4.78, 5) is 6.55. The maximum atomic E-state index is 9.73. The number of nitrogens with zero attached hydrogens (tertiary/aromatic N) is 6. The van der Waals surface area contributed by atoms with Crippen molar-refractivity contribution < 1.29 is 0 Å². The lowest BCUT2D eigenvalue weighted by atomic mass is 9.93. The van der Waals surface area contributed by atoms with Crippen LogP contribution in [0, 0.1) is 16.7 Å². The van der Waals surface area contributed by atoms with Gasteiger partial charge in [-0.3, -0.25) is 4.98 Å². The van der Waals surface area contributed by atoms with E-state index in [-0.39, 0.29) is 0 Å². The number of nitrogen functional groups attached to an aromatic ring is 1. The van der Waals surface area contributed by atoms with E-state index in [0.717, 1.165) is 54.8 Å². The lowest BCUT2D eigenvalue weighted by Gasteiger charge is -2.35. The van der Waals surface area contributed by atoms with Crippen LogP contribution in [0.25, 0.3) is 11.1 Å². The van der Waals surface area contributed by atoms with Crippen molar-refractivity contribution in [1.82, 2.24) is 19.7 Å². The summed E-state index contributed by atoms with van der Waals surface area (Å²) < 4.78 is 1.98. The molecule has 1 fully saturated rings. The Labute approximate surface area is 169 Å². The first-order chi connectivity index (χ1) is 14.1. The minimum absolute atomic E-state index is 0.362. The van der Waals surface area contributed by atoms with Gasteiger partial charge in [-0.2, -0.15) is 5.26 Å². The fourth-order valence-corrected chi connectivity index (χ4v) is 3.99. The molecule has 1 aliphatic heterocycles. The zero-order chi connectivity index (χ0) is 20.4. The standard InChI is InChI=1S/C21H22N8/c1-28-13-26-27-21(28)14-5-7-29(8-6-14)20-15(10-22)3-2-4-17(20)16-9-18(24)19(11-23)25-12-16/h2-4,9,11-14,23H,5-8,24H2,1H3. The molecule has 0 spiro atoms. The topological polar surface area (TPSA) is 120 Å². The molecule has 3 aromatic rings. The van der Waals surface area contributed by atoms with E-state index in [1.807, 2.05) is 35.9 Å². The summed E-state index contributed by atoms with van der Waals surface area (Å²) in [5.74, 6) is 1.37. The number of aromatic nitrogens is 4. The summed E-state index contributed by atoms with van der Waals surface area (Å²) in [6.45, 7) is 1.65. The third-order valence-corrected chi connectivity index (χ3v) is 5.48. The molecule has 1 aromatic carbocycles. The van der Waals surface area contributed by atoms with Gasteiger partial charge in [-0.1, -0.05) is 12.1 Å². The average molecular weight is 386 g/mol. The van der Waals surface area contributed by atoms with E-state index >= 15 is 0 Å². The van der Waals surface area contributed by atoms with E-state index in [0.29, 0.717) is 22.9 Å². The molecule has 8 heteroatoms. The van der Waals surface area contributed by atoms with E-state index in [4.69, 9.17) is 11.1 Å². The largest absolute Gasteiger partial charge is 0.397 e. The van der Waals surface area contributed by atoms with Crippen molar-refractivity contribution in [2.45, 2.75) is 18.8 Å². The molecule has 1 saturated heterocycles. The first kappa shape index (κ1) is 18.6. The van der Waals surface area contributed by atoms with Gasteiger partial charge in [0.2, 0.25) is 0 Å². The van der Waals surface area contributed by atoms with Gasteiger partial charge < -0.3 is 20.6 Å². The number of nitriles is 1. The Kier molecular flexibility index (Phi) is 4.96. The predicted octanol–water partition coefficient (Wildman–Crippen LogP) is 2.71. The second-order valence-electron chi connectivity index (χ2n) is 7.22. The number of pyridine rings is 1. The molecule has 0 amide bonds. The number of hydrogen-bond donors (Lipinski definition) is 2. The number of anilines is 2. The Morgan fingerprint density at radius 1 is 1.31 bits per heavy atom. The van der Waals surface area contributed by atoms with Crippen LogP contribution in [0.4, 0.5) is 11.4 Å². The number of nitrogens with one attached hydrogen (secondary N) is 1. The molecule has 0 bridgehead atoms. The molecule has 0 aliphatic carbocycles. The number of benzene rings is 1. The quantitative estimate of drug-likeness (QED) is 0.665. The summed E-state index contributed by atoms with van der Waals surface area (Å²) in [7, 11) is 1.97. The van der Waals surface area contributed by atoms with Crippen molar-refractivity contribution in [3.8, 4) is 17.2 Å². The van der Waals surface area contributed by atoms with Crippen LogP contribution in [0.1, 0.15) is 35.8 Å². The van der Waals surface area contributed by atoms with Gasteiger partial charge in [0.25, 0.3) is 0 Å². The smallest absolute Gasteiger partial charge is 0.135 e. The second-order valence-corrected chi connectivity index (χ2v) is 7.22. The minimum Gasteiger partial charge on any atom is -0.397 e. The highest BCUT2D eigenvalue weighted by molar-refractivity contribution is 5.87. The Bertz CT molecular complexity index is 1090. The van der Waals surface area contributed by atoms with Gasteiger partial charge in [0.15, 0.2) is 0 Å². The fourth-order valence-electron chi connectivity index (χ4n) is 3.99. The number of rotatable bonds is 4. The fraction of sp³-hybridized carbons (Fsp3) is 0.286. The Balaban J connectivity index is 1.67. The number of nitrogens with two attached hydrogens (primary N) is 1. The summed E-state index contributed by atoms with van der Waals surface area (Å²) in [5, 5.41) is 25.4. The molecule has 3 N–H and O–H groups in total. The lowest BCUT2D eigenvalue weighted by Crippen LogP contribution is -2.34. The number of para-hydroxylation sites is 1. The monoisotopic (exact) mass is 386 g/mol. The molecule has 146 valence electrons. The number of piperidine rings is 1. The highest BCUT2D eigenvalue weighted by Crippen LogP contribution is 2.38. The second kappa shape index (κ2) is 7.72. The average Bonchev–Trinajstić information content (AvgIpc) is 3.19. The highest BCUT2D eigenvalue weighted by Gasteiger charge is 2.27. The van der Waals surface area contributed by atoms with Crippen molar-refractivity contribution in [3.05, 3.63) is 53.9 Å². The maximum Gasteiger partial charge on any atom is 0.135 e. The number of aryl methyl sites for hydroxylation is 1. The van der Waals surface area contributed by atoms with Crippen LogP contribution in [-0.4, -0.2) is 39.1 Å². The Morgan fingerprint density at radius 3 is 2.72 bits per heavy atom. The molecule has 2 aromatic heterocycles. The SMILES string of the molecule is Cn1cnnc1C1CCN(c2c(C#N)cccc2-c2cnc(C=N)c(N)c2)CC1. The molecule has 0 saturated carbocycles. The molecule has 3 heterocycles. The van der Waals surface area contributed by atoms with E-state index in [1.54, 1.807) is 12.5 Å². The van der Waals surface area contributed by atoms with Crippen LogP contribution < -0.4 is 10.6 Å². The van der Waals surface area contributed by atoms with Gasteiger partial charge in [-0.25, -0.2) is 0 Å². The minimum atomic E-state index is 0.362. The molecule has 29 heavy (non-hydrogen) atoms. The zero-order valence-corrected chi connectivity index (χ0v) is 16.2. The highest BCUT2D eigenvalue weighted by atomic mass is 15.3. The number of hydrogen-bond acceptors (Lipinski definition) is 7. The van der Waals surface area contributed by atoms with Crippen LogP contribution in [0.5, 0.6) is 0 Å². The molecule has 0 atom stereocenters. The van der Waals surface area contributed by atoms with Crippen LogP contribution in [-0.2, 0) is 7.05 Å². The van der Waals surface area contributed by atoms with Gasteiger partial charge >= 0.3 is 0 Å². The summed E-state index contributed by atoms with van der Waals surface area (Å²) in [6, 6.07) is 9.87. The summed E-state index contributed by atoms with van der Waals surface area (Å²) >= 11 is 0. The van der Waals surface area contributed by atoms with Crippen molar-refractivity contribution in [1.29, 1.82) is 10.7 Å². The normalized spacial score (nSPS) is 14.6. The van der Waals surface area contributed by atoms with Gasteiger partial charge in [0, 0.05) is 49.6 Å². The Morgan fingerprint density at radius 2 is 2.10 bits per heavy atom. The van der Waals surface area contributed by atoms with Crippen LogP contribution in [0.2, 0.25) is 0 Å². The van der Waals surface area contributed by atoms with E-state index in [9.17, 15) is 5.26 Å². The predicted molar refractivity (Wildman–Crippen MR) is 112 cm³/mol. The first-order valence-electron chi connectivity index (χ1n) is 9.50. The van der Waals surface area contributed by atoms with E-state index in [2.05, 4.69) is 26.2 Å². The van der Waals surface area contributed by atoms with Gasteiger partial charge in [-0.15, -0.1) is 10.2 Å². The third-order valence-electron chi connectivity index (χ3n) is 5.48. The van der Waals surface area contributed by atoms with Crippen molar-refractivity contribution in [2.24, 2.45) is 7.05 Å².